The fraction of sp³-hybridized carbons (Fsp3) is 0.176. The lowest BCUT2D eigenvalue weighted by molar-refractivity contribution is 0.767. The predicted molar refractivity (Wildman–Crippen MR) is 91.6 cm³/mol. The van der Waals surface area contributed by atoms with E-state index in [-0.39, 0.29) is 0 Å². The number of rotatable bonds is 4. The van der Waals surface area contributed by atoms with Crippen LogP contribution in [0.15, 0.2) is 48.9 Å². The monoisotopic (exact) mass is 319 g/mol. The summed E-state index contributed by atoms with van der Waals surface area (Å²) < 4.78 is 3.56. The van der Waals surface area contributed by atoms with Crippen molar-refractivity contribution in [3.63, 3.8) is 0 Å². The average Bonchev–Trinajstić information content (AvgIpc) is 3.22. The second kappa shape index (κ2) is 5.86. The summed E-state index contributed by atoms with van der Waals surface area (Å²) in [5, 5.41) is 16.7. The summed E-state index contributed by atoms with van der Waals surface area (Å²) in [4.78, 5) is 4.51. The third kappa shape index (κ3) is 2.55. The molecule has 24 heavy (non-hydrogen) atoms. The van der Waals surface area contributed by atoms with Crippen LogP contribution in [0, 0.1) is 0 Å². The van der Waals surface area contributed by atoms with Crippen LogP contribution in [0.3, 0.4) is 0 Å². The van der Waals surface area contributed by atoms with Gasteiger partial charge < -0.3 is 5.32 Å². The Morgan fingerprint density at radius 2 is 2.04 bits per heavy atom. The first-order valence-electron chi connectivity index (χ1n) is 7.69. The van der Waals surface area contributed by atoms with Crippen LogP contribution in [0.5, 0.6) is 0 Å². The molecule has 0 spiro atoms. The molecular weight excluding hydrogens is 302 g/mol. The second-order valence-corrected chi connectivity index (χ2v) is 5.64. The summed E-state index contributed by atoms with van der Waals surface area (Å²) >= 11 is 0. The molecule has 0 atom stereocenters. The van der Waals surface area contributed by atoms with E-state index in [0.29, 0.717) is 6.54 Å². The highest BCUT2D eigenvalue weighted by atomic mass is 15.4. The Hall–Kier alpha value is -3.06. The van der Waals surface area contributed by atoms with Crippen molar-refractivity contribution in [2.24, 2.45) is 7.05 Å². The molecule has 0 bridgehead atoms. The molecule has 0 unspecified atom stereocenters. The van der Waals surface area contributed by atoms with Gasteiger partial charge in [-0.3, -0.25) is 4.68 Å². The molecule has 0 saturated heterocycles. The highest BCUT2D eigenvalue weighted by molar-refractivity contribution is 5.81. The van der Waals surface area contributed by atoms with Crippen molar-refractivity contribution >= 4 is 11.0 Å². The van der Waals surface area contributed by atoms with Gasteiger partial charge in [0.15, 0.2) is 5.65 Å². The number of fused-ring (bicyclic) bond motifs is 1. The van der Waals surface area contributed by atoms with E-state index in [1.807, 2.05) is 44.8 Å². The van der Waals surface area contributed by atoms with E-state index in [0.717, 1.165) is 33.5 Å². The highest BCUT2D eigenvalue weighted by Crippen LogP contribution is 2.24. The summed E-state index contributed by atoms with van der Waals surface area (Å²) in [7, 11) is 3.78. The molecule has 0 saturated carbocycles. The van der Waals surface area contributed by atoms with E-state index in [1.165, 1.54) is 0 Å². The maximum atomic E-state index is 4.51. The molecule has 4 aromatic rings. The Balaban J connectivity index is 1.72. The summed E-state index contributed by atoms with van der Waals surface area (Å²) in [6.07, 6.45) is 5.63. The first-order valence-corrected chi connectivity index (χ1v) is 7.69. The van der Waals surface area contributed by atoms with Crippen molar-refractivity contribution in [1.29, 1.82) is 0 Å². The van der Waals surface area contributed by atoms with E-state index >= 15 is 0 Å². The van der Waals surface area contributed by atoms with E-state index in [2.05, 4.69) is 43.9 Å². The van der Waals surface area contributed by atoms with E-state index in [1.54, 1.807) is 9.36 Å². The Kier molecular flexibility index (Phi) is 3.55. The molecule has 1 N–H and O–H groups in total. The maximum Gasteiger partial charge on any atom is 0.157 e. The lowest BCUT2D eigenvalue weighted by Crippen LogP contribution is -2.04. The molecule has 0 aliphatic carbocycles. The smallest absolute Gasteiger partial charge is 0.157 e. The van der Waals surface area contributed by atoms with E-state index in [4.69, 9.17) is 0 Å². The zero-order valence-electron chi connectivity index (χ0n) is 13.5. The lowest BCUT2D eigenvalue weighted by atomic mass is 10.1. The van der Waals surface area contributed by atoms with Crippen LogP contribution >= 0.6 is 0 Å². The number of aryl methyl sites for hydroxylation is 1. The number of nitrogens with zero attached hydrogens (tertiary/aromatic N) is 6. The summed E-state index contributed by atoms with van der Waals surface area (Å²) in [5.74, 6) is 0. The van der Waals surface area contributed by atoms with Crippen molar-refractivity contribution in [3.05, 3.63) is 54.6 Å². The number of benzene rings is 1. The number of hydrogen-bond donors (Lipinski definition) is 1. The van der Waals surface area contributed by atoms with Crippen LogP contribution in [0.2, 0.25) is 0 Å². The molecule has 3 aromatic heterocycles. The van der Waals surface area contributed by atoms with Crippen molar-refractivity contribution in [2.75, 3.05) is 7.05 Å². The molecule has 4 rings (SSSR count). The molecule has 7 heteroatoms. The minimum Gasteiger partial charge on any atom is -0.314 e. The maximum absolute atomic E-state index is 4.51. The normalized spacial score (nSPS) is 11.2. The van der Waals surface area contributed by atoms with Gasteiger partial charge in [0.1, 0.15) is 0 Å². The van der Waals surface area contributed by atoms with Crippen molar-refractivity contribution in [3.8, 4) is 16.8 Å². The second-order valence-electron chi connectivity index (χ2n) is 5.64. The predicted octanol–water partition coefficient (Wildman–Crippen LogP) is 1.94. The molecular formula is C17H17N7. The van der Waals surface area contributed by atoms with Crippen LogP contribution in [-0.4, -0.2) is 36.8 Å². The largest absolute Gasteiger partial charge is 0.314 e. The first-order chi connectivity index (χ1) is 11.7. The molecule has 0 amide bonds. The van der Waals surface area contributed by atoms with Gasteiger partial charge in [0.25, 0.3) is 0 Å². The van der Waals surface area contributed by atoms with Crippen LogP contribution in [0.1, 0.15) is 5.69 Å². The third-order valence-electron chi connectivity index (χ3n) is 3.91. The van der Waals surface area contributed by atoms with Gasteiger partial charge in [-0.05, 0) is 30.8 Å². The standard InChI is InChI=1S/C17H17N7/c1-18-10-15-11-24(22-21-15)16-5-3-4-12(7-16)13-6-14-9-20-23(2)17(14)19-8-13/h3-9,11,18H,10H2,1-2H3. The van der Waals surface area contributed by atoms with Gasteiger partial charge >= 0.3 is 0 Å². The third-order valence-corrected chi connectivity index (χ3v) is 3.91. The Labute approximate surface area is 138 Å². The number of aromatic nitrogens is 6. The minimum absolute atomic E-state index is 0.696. The van der Waals surface area contributed by atoms with E-state index in [9.17, 15) is 0 Å². The van der Waals surface area contributed by atoms with Gasteiger partial charge in [-0.25, -0.2) is 9.67 Å². The molecule has 0 fully saturated rings. The highest BCUT2D eigenvalue weighted by Gasteiger charge is 2.07. The van der Waals surface area contributed by atoms with Crippen molar-refractivity contribution in [2.45, 2.75) is 6.54 Å². The zero-order valence-corrected chi connectivity index (χ0v) is 13.5. The average molecular weight is 319 g/mol. The molecule has 0 aliphatic heterocycles. The molecule has 7 nitrogen and oxygen atoms in total. The summed E-state index contributed by atoms with van der Waals surface area (Å²) in [5.41, 5.74) is 4.88. The Morgan fingerprint density at radius 3 is 2.92 bits per heavy atom. The van der Waals surface area contributed by atoms with Crippen LogP contribution in [-0.2, 0) is 13.6 Å². The van der Waals surface area contributed by atoms with Gasteiger partial charge in [-0.1, -0.05) is 17.3 Å². The number of nitrogens with one attached hydrogen (secondary N) is 1. The summed E-state index contributed by atoms with van der Waals surface area (Å²) in [6.45, 7) is 0.696. The Bertz CT molecular complexity index is 999. The fourth-order valence-electron chi connectivity index (χ4n) is 2.72. The first kappa shape index (κ1) is 14.5. The zero-order chi connectivity index (χ0) is 16.5. The molecule has 0 radical (unpaired) electrons. The number of hydrogen-bond acceptors (Lipinski definition) is 5. The molecule has 3 heterocycles. The quantitative estimate of drug-likeness (QED) is 0.622. The topological polar surface area (TPSA) is 73.5 Å². The minimum atomic E-state index is 0.696. The van der Waals surface area contributed by atoms with Crippen molar-refractivity contribution < 1.29 is 0 Å². The van der Waals surface area contributed by atoms with Crippen LogP contribution in [0.4, 0.5) is 0 Å². The molecule has 0 aliphatic rings. The fourth-order valence-corrected chi connectivity index (χ4v) is 2.72. The van der Waals surface area contributed by atoms with Gasteiger partial charge in [0, 0.05) is 30.7 Å². The Morgan fingerprint density at radius 1 is 1.12 bits per heavy atom. The molecule has 120 valence electrons. The molecule has 1 aromatic carbocycles. The van der Waals surface area contributed by atoms with Crippen LogP contribution < -0.4 is 5.32 Å². The number of pyridine rings is 1. The van der Waals surface area contributed by atoms with Gasteiger partial charge in [0.2, 0.25) is 0 Å². The summed E-state index contributed by atoms with van der Waals surface area (Å²) in [6, 6.07) is 10.3. The van der Waals surface area contributed by atoms with Crippen LogP contribution in [0.25, 0.3) is 27.8 Å². The van der Waals surface area contributed by atoms with Gasteiger partial charge in [-0.15, -0.1) is 5.10 Å². The van der Waals surface area contributed by atoms with Crippen molar-refractivity contribution in [1.82, 2.24) is 35.1 Å². The van der Waals surface area contributed by atoms with Gasteiger partial charge in [-0.2, -0.15) is 5.10 Å². The van der Waals surface area contributed by atoms with E-state index < -0.39 is 0 Å². The lowest BCUT2D eigenvalue weighted by Gasteiger charge is -2.05. The SMILES string of the molecule is CNCc1cn(-c2cccc(-c3cnc4c(cnn4C)c3)c2)nn1. The van der Waals surface area contributed by atoms with Gasteiger partial charge in [0.05, 0.1) is 23.8 Å².